The molecule has 1 aromatic heterocycles. The first-order valence-corrected chi connectivity index (χ1v) is 4.96. The van der Waals surface area contributed by atoms with Crippen molar-refractivity contribution >= 4 is 11.6 Å². The summed E-state index contributed by atoms with van der Waals surface area (Å²) < 4.78 is 5.13. The van der Waals surface area contributed by atoms with Crippen LogP contribution in [0.3, 0.4) is 0 Å². The third-order valence-electron chi connectivity index (χ3n) is 2.16. The maximum absolute atomic E-state index is 5.45. The summed E-state index contributed by atoms with van der Waals surface area (Å²) >= 11 is 0. The van der Waals surface area contributed by atoms with Gasteiger partial charge in [-0.3, -0.25) is 0 Å². The minimum Gasteiger partial charge on any atom is -0.383 e. The van der Waals surface area contributed by atoms with E-state index in [0.29, 0.717) is 18.3 Å². The molecule has 0 radical (unpaired) electrons. The average molecular weight is 210 g/mol. The van der Waals surface area contributed by atoms with Gasteiger partial charge in [0.25, 0.3) is 0 Å². The zero-order valence-corrected chi connectivity index (χ0v) is 9.40. The zero-order valence-electron chi connectivity index (χ0n) is 9.40. The van der Waals surface area contributed by atoms with Crippen molar-refractivity contribution in [2.45, 2.75) is 19.9 Å². The fourth-order valence-electron chi connectivity index (χ4n) is 1.18. The average Bonchev–Trinajstić information content (AvgIpc) is 2.20. The molecule has 0 fully saturated rings. The summed E-state index contributed by atoms with van der Waals surface area (Å²) in [5, 5.41) is 3.25. The van der Waals surface area contributed by atoms with Gasteiger partial charge in [-0.25, -0.2) is 9.97 Å². The Balaban J connectivity index is 2.61. The molecule has 3 N–H and O–H groups in total. The molecule has 1 aromatic rings. The van der Waals surface area contributed by atoms with Gasteiger partial charge in [0.2, 0.25) is 0 Å². The van der Waals surface area contributed by atoms with Crippen LogP contribution in [0, 0.1) is 5.92 Å². The van der Waals surface area contributed by atoms with E-state index in [2.05, 4.69) is 29.1 Å². The first-order valence-electron chi connectivity index (χ1n) is 4.96. The van der Waals surface area contributed by atoms with Gasteiger partial charge in [0.1, 0.15) is 11.6 Å². The van der Waals surface area contributed by atoms with E-state index in [-0.39, 0.29) is 6.04 Å². The van der Waals surface area contributed by atoms with Gasteiger partial charge in [-0.15, -0.1) is 0 Å². The highest BCUT2D eigenvalue weighted by Crippen LogP contribution is 2.10. The van der Waals surface area contributed by atoms with E-state index in [0.717, 1.165) is 5.82 Å². The summed E-state index contributed by atoms with van der Waals surface area (Å²) in [5.41, 5.74) is 5.45. The van der Waals surface area contributed by atoms with Crippen LogP contribution in [0.4, 0.5) is 11.6 Å². The molecule has 1 unspecified atom stereocenters. The fraction of sp³-hybridized carbons (Fsp3) is 0.600. The Morgan fingerprint density at radius 3 is 2.60 bits per heavy atom. The molecule has 84 valence electrons. The van der Waals surface area contributed by atoms with Crippen LogP contribution in [0.25, 0.3) is 0 Å². The summed E-state index contributed by atoms with van der Waals surface area (Å²) in [7, 11) is 1.69. The number of anilines is 2. The van der Waals surface area contributed by atoms with Crippen LogP contribution in [-0.4, -0.2) is 29.7 Å². The molecule has 0 aliphatic heterocycles. The van der Waals surface area contributed by atoms with E-state index in [1.165, 1.54) is 6.20 Å². The quantitative estimate of drug-likeness (QED) is 0.762. The van der Waals surface area contributed by atoms with Crippen molar-refractivity contribution in [1.82, 2.24) is 9.97 Å². The Bertz CT molecular complexity index is 286. The molecule has 0 amide bonds. The lowest BCUT2D eigenvalue weighted by Crippen LogP contribution is -2.30. The molecule has 0 bridgehead atoms. The number of aromatic nitrogens is 2. The summed E-state index contributed by atoms with van der Waals surface area (Å²) in [6.07, 6.45) is 3.16. The first kappa shape index (κ1) is 11.7. The first-order chi connectivity index (χ1) is 7.13. The van der Waals surface area contributed by atoms with Gasteiger partial charge in [0, 0.05) is 7.11 Å². The van der Waals surface area contributed by atoms with Crippen LogP contribution in [0.5, 0.6) is 0 Å². The molecular formula is C10H18N4O. The molecule has 15 heavy (non-hydrogen) atoms. The largest absolute Gasteiger partial charge is 0.383 e. The molecule has 0 saturated heterocycles. The Morgan fingerprint density at radius 2 is 2.13 bits per heavy atom. The van der Waals surface area contributed by atoms with Crippen molar-refractivity contribution in [2.24, 2.45) is 5.92 Å². The van der Waals surface area contributed by atoms with Crippen LogP contribution >= 0.6 is 0 Å². The van der Waals surface area contributed by atoms with Crippen LogP contribution in [0.15, 0.2) is 12.4 Å². The molecule has 5 nitrogen and oxygen atoms in total. The SMILES string of the molecule is COCC(Nc1cnc(N)cn1)C(C)C. The van der Waals surface area contributed by atoms with Gasteiger partial charge in [0.15, 0.2) is 0 Å². The number of nitrogens with two attached hydrogens (primary N) is 1. The summed E-state index contributed by atoms with van der Waals surface area (Å²) in [5.74, 6) is 1.61. The van der Waals surface area contributed by atoms with Gasteiger partial charge in [-0.2, -0.15) is 0 Å². The highest BCUT2D eigenvalue weighted by Gasteiger charge is 2.13. The van der Waals surface area contributed by atoms with Gasteiger partial charge >= 0.3 is 0 Å². The van der Waals surface area contributed by atoms with Crippen molar-refractivity contribution < 1.29 is 4.74 Å². The lowest BCUT2D eigenvalue weighted by molar-refractivity contribution is 0.171. The van der Waals surface area contributed by atoms with Gasteiger partial charge < -0.3 is 15.8 Å². The highest BCUT2D eigenvalue weighted by molar-refractivity contribution is 5.37. The molecule has 1 rings (SSSR count). The number of methoxy groups -OCH3 is 1. The molecule has 0 aliphatic carbocycles. The summed E-state index contributed by atoms with van der Waals surface area (Å²) in [4.78, 5) is 8.09. The molecule has 0 spiro atoms. The monoisotopic (exact) mass is 210 g/mol. The van der Waals surface area contributed by atoms with E-state index < -0.39 is 0 Å². The van der Waals surface area contributed by atoms with E-state index >= 15 is 0 Å². The maximum atomic E-state index is 5.45. The second-order valence-electron chi connectivity index (χ2n) is 3.78. The lowest BCUT2D eigenvalue weighted by Gasteiger charge is -2.21. The number of hydrogen-bond donors (Lipinski definition) is 2. The van der Waals surface area contributed by atoms with Crippen LogP contribution in [0.1, 0.15) is 13.8 Å². The van der Waals surface area contributed by atoms with Crippen molar-refractivity contribution in [1.29, 1.82) is 0 Å². The third kappa shape index (κ3) is 3.71. The minimum atomic E-state index is 0.230. The highest BCUT2D eigenvalue weighted by atomic mass is 16.5. The molecule has 0 aliphatic rings. The normalized spacial score (nSPS) is 12.8. The number of hydrogen-bond acceptors (Lipinski definition) is 5. The van der Waals surface area contributed by atoms with Crippen molar-refractivity contribution in [3.05, 3.63) is 12.4 Å². The zero-order chi connectivity index (χ0) is 11.3. The summed E-state index contributed by atoms with van der Waals surface area (Å²) in [6.45, 7) is 4.90. The Morgan fingerprint density at radius 1 is 1.40 bits per heavy atom. The van der Waals surface area contributed by atoms with E-state index in [1.807, 2.05) is 0 Å². The Labute approximate surface area is 90.1 Å². The van der Waals surface area contributed by atoms with Crippen molar-refractivity contribution in [3.63, 3.8) is 0 Å². The molecular weight excluding hydrogens is 192 g/mol. The lowest BCUT2D eigenvalue weighted by atomic mass is 10.1. The van der Waals surface area contributed by atoms with E-state index in [1.54, 1.807) is 13.3 Å². The predicted octanol–water partition coefficient (Wildman–Crippen LogP) is 1.14. The van der Waals surface area contributed by atoms with Gasteiger partial charge in [-0.1, -0.05) is 13.8 Å². The number of rotatable bonds is 5. The fourth-order valence-corrected chi connectivity index (χ4v) is 1.18. The number of nitrogen functional groups attached to an aromatic ring is 1. The molecule has 0 aromatic carbocycles. The second kappa shape index (κ2) is 5.50. The van der Waals surface area contributed by atoms with E-state index in [4.69, 9.17) is 10.5 Å². The van der Waals surface area contributed by atoms with Crippen LogP contribution < -0.4 is 11.1 Å². The Hall–Kier alpha value is -1.36. The van der Waals surface area contributed by atoms with Crippen molar-refractivity contribution in [2.75, 3.05) is 24.8 Å². The standard InChI is InChI=1S/C10H18N4O/c1-7(2)8(6-15-3)14-10-5-12-9(11)4-13-10/h4-5,7-8H,6H2,1-3H3,(H2,11,12)(H,13,14). The smallest absolute Gasteiger partial charge is 0.144 e. The van der Waals surface area contributed by atoms with Crippen LogP contribution in [0.2, 0.25) is 0 Å². The second-order valence-corrected chi connectivity index (χ2v) is 3.78. The number of ether oxygens (including phenoxy) is 1. The maximum Gasteiger partial charge on any atom is 0.144 e. The minimum absolute atomic E-state index is 0.230. The molecule has 1 heterocycles. The number of nitrogens with one attached hydrogen (secondary N) is 1. The third-order valence-corrected chi connectivity index (χ3v) is 2.16. The molecule has 5 heteroatoms. The van der Waals surface area contributed by atoms with Crippen molar-refractivity contribution in [3.8, 4) is 0 Å². The molecule has 1 atom stereocenters. The summed E-state index contributed by atoms with van der Waals surface area (Å²) in [6, 6.07) is 0.230. The van der Waals surface area contributed by atoms with E-state index in [9.17, 15) is 0 Å². The predicted molar refractivity (Wildman–Crippen MR) is 60.6 cm³/mol. The topological polar surface area (TPSA) is 73.1 Å². The Kier molecular flexibility index (Phi) is 4.30. The molecule has 0 saturated carbocycles. The van der Waals surface area contributed by atoms with Gasteiger partial charge in [0.05, 0.1) is 25.0 Å². The number of nitrogens with zero attached hydrogens (tertiary/aromatic N) is 2. The van der Waals surface area contributed by atoms with Gasteiger partial charge in [-0.05, 0) is 5.92 Å². The van der Waals surface area contributed by atoms with Crippen LogP contribution in [-0.2, 0) is 4.74 Å².